The number of ether oxygens (including phenoxy) is 1. The van der Waals surface area contributed by atoms with Crippen LogP contribution in [0, 0.1) is 5.82 Å². The molecule has 152 valence electrons. The first-order valence-electron chi connectivity index (χ1n) is 8.23. The van der Waals surface area contributed by atoms with Crippen molar-refractivity contribution >= 4 is 39.1 Å². The van der Waals surface area contributed by atoms with Crippen LogP contribution >= 0.6 is 23.2 Å². The third-order valence-corrected chi connectivity index (χ3v) is 6.44. The third-order valence-electron chi connectivity index (χ3n) is 3.91. The second-order valence-electron chi connectivity index (χ2n) is 5.74. The fourth-order valence-corrected chi connectivity index (χ4v) is 4.48. The molecule has 0 aliphatic rings. The van der Waals surface area contributed by atoms with Gasteiger partial charge in [0.05, 0.1) is 13.7 Å². The zero-order chi connectivity index (χ0) is 20.9. The number of likely N-dealkylation sites (N-methyl/N-ethyl adjacent to an activating group) is 1. The minimum atomic E-state index is -4.14. The van der Waals surface area contributed by atoms with Crippen LogP contribution < -0.4 is 10.1 Å². The van der Waals surface area contributed by atoms with Crippen molar-refractivity contribution in [3.8, 4) is 5.75 Å². The number of carbonyl (C=O) groups is 1. The molecule has 0 saturated carbocycles. The van der Waals surface area contributed by atoms with Crippen LogP contribution in [0.4, 0.5) is 4.39 Å². The molecule has 6 nitrogen and oxygen atoms in total. The highest BCUT2D eigenvalue weighted by Crippen LogP contribution is 2.27. The van der Waals surface area contributed by atoms with Gasteiger partial charge in [-0.2, -0.15) is 4.31 Å². The minimum absolute atomic E-state index is 0.00629. The molecular weight excluding hydrogens is 430 g/mol. The van der Waals surface area contributed by atoms with Gasteiger partial charge in [0.1, 0.15) is 16.5 Å². The fourth-order valence-electron chi connectivity index (χ4n) is 2.43. The number of carbonyl (C=O) groups excluding carboxylic acids is 1. The molecule has 0 heterocycles. The molecule has 28 heavy (non-hydrogen) atoms. The van der Waals surface area contributed by atoms with Crippen molar-refractivity contribution in [2.24, 2.45) is 0 Å². The van der Waals surface area contributed by atoms with Crippen molar-refractivity contribution in [2.75, 3.05) is 20.2 Å². The second-order valence-corrected chi connectivity index (χ2v) is 8.49. The topological polar surface area (TPSA) is 75.7 Å². The number of hydrogen-bond acceptors (Lipinski definition) is 4. The lowest BCUT2D eigenvalue weighted by Crippen LogP contribution is -2.40. The van der Waals surface area contributed by atoms with Crippen LogP contribution in [0.3, 0.4) is 0 Å². The Morgan fingerprint density at radius 1 is 1.21 bits per heavy atom. The number of benzene rings is 2. The maximum Gasteiger partial charge on any atom is 0.247 e. The number of hydrogen-bond donors (Lipinski definition) is 1. The predicted molar refractivity (Wildman–Crippen MR) is 106 cm³/mol. The van der Waals surface area contributed by atoms with Gasteiger partial charge in [0.2, 0.25) is 15.9 Å². The van der Waals surface area contributed by atoms with E-state index in [0.29, 0.717) is 15.6 Å². The van der Waals surface area contributed by atoms with Crippen molar-refractivity contribution in [1.82, 2.24) is 9.62 Å². The van der Waals surface area contributed by atoms with Crippen LogP contribution in [0.25, 0.3) is 0 Å². The van der Waals surface area contributed by atoms with Crippen molar-refractivity contribution in [3.63, 3.8) is 0 Å². The Bertz CT molecular complexity index is 970. The van der Waals surface area contributed by atoms with Gasteiger partial charge >= 0.3 is 0 Å². The smallest absolute Gasteiger partial charge is 0.247 e. The zero-order valence-electron chi connectivity index (χ0n) is 15.2. The van der Waals surface area contributed by atoms with E-state index in [4.69, 9.17) is 27.9 Å². The van der Waals surface area contributed by atoms with Crippen LogP contribution in [0.1, 0.15) is 12.5 Å². The normalized spacial score (nSPS) is 11.5. The molecule has 1 N–H and O–H groups in total. The Kier molecular flexibility index (Phi) is 7.65. The van der Waals surface area contributed by atoms with E-state index < -0.39 is 28.3 Å². The van der Waals surface area contributed by atoms with Crippen LogP contribution in [-0.4, -0.2) is 38.8 Å². The predicted octanol–water partition coefficient (Wildman–Crippen LogP) is 3.47. The molecule has 0 radical (unpaired) electrons. The third kappa shape index (κ3) is 5.35. The summed E-state index contributed by atoms with van der Waals surface area (Å²) in [4.78, 5) is 11.9. The lowest BCUT2D eigenvalue weighted by atomic mass is 10.2. The van der Waals surface area contributed by atoms with E-state index in [1.165, 1.54) is 13.2 Å². The number of halogens is 3. The largest absolute Gasteiger partial charge is 0.495 e. The molecule has 0 unspecified atom stereocenters. The number of sulfonamides is 1. The van der Waals surface area contributed by atoms with Crippen molar-refractivity contribution in [1.29, 1.82) is 0 Å². The van der Waals surface area contributed by atoms with E-state index in [1.54, 1.807) is 25.1 Å². The van der Waals surface area contributed by atoms with Gasteiger partial charge in [-0.1, -0.05) is 36.2 Å². The van der Waals surface area contributed by atoms with Crippen LogP contribution in [-0.2, 0) is 21.4 Å². The highest BCUT2D eigenvalue weighted by atomic mass is 35.5. The van der Waals surface area contributed by atoms with E-state index in [2.05, 4.69) is 5.32 Å². The molecule has 2 aromatic carbocycles. The van der Waals surface area contributed by atoms with Gasteiger partial charge in [-0.05, 0) is 35.9 Å². The van der Waals surface area contributed by atoms with E-state index >= 15 is 0 Å². The van der Waals surface area contributed by atoms with Crippen molar-refractivity contribution in [2.45, 2.75) is 18.4 Å². The highest BCUT2D eigenvalue weighted by molar-refractivity contribution is 7.89. The molecule has 0 saturated heterocycles. The summed E-state index contributed by atoms with van der Waals surface area (Å²) in [5.74, 6) is -1.27. The molecule has 2 aromatic rings. The first-order valence-corrected chi connectivity index (χ1v) is 10.4. The summed E-state index contributed by atoms with van der Waals surface area (Å²) in [7, 11) is -2.86. The number of nitrogens with zero attached hydrogens (tertiary/aromatic N) is 1. The molecule has 10 heteroatoms. The van der Waals surface area contributed by atoms with E-state index in [0.717, 1.165) is 16.4 Å². The molecule has 0 aliphatic heterocycles. The van der Waals surface area contributed by atoms with E-state index in [9.17, 15) is 17.6 Å². The maximum atomic E-state index is 13.6. The summed E-state index contributed by atoms with van der Waals surface area (Å²) in [6.07, 6.45) is 0. The van der Waals surface area contributed by atoms with Crippen LogP contribution in [0.5, 0.6) is 5.75 Å². The molecule has 0 bridgehead atoms. The van der Waals surface area contributed by atoms with Gasteiger partial charge in [-0.15, -0.1) is 0 Å². The van der Waals surface area contributed by atoms with Crippen LogP contribution in [0.2, 0.25) is 10.0 Å². The lowest BCUT2D eigenvalue weighted by molar-refractivity contribution is -0.121. The standard InChI is InChI=1S/C18H19Cl2FN2O4S/c1-3-23(28(25,26)17-9-14(21)6-7-16(17)27-2)11-18(24)22-10-12-4-5-13(19)8-15(12)20/h4-9H,3,10-11H2,1-2H3,(H,22,24). The summed E-state index contributed by atoms with van der Waals surface area (Å²) in [5, 5.41) is 3.46. The molecule has 2 rings (SSSR count). The first-order chi connectivity index (χ1) is 13.2. The summed E-state index contributed by atoms with van der Waals surface area (Å²) < 4.78 is 45.2. The number of rotatable bonds is 8. The molecular formula is C18H19Cl2FN2O4S. The number of methoxy groups -OCH3 is 1. The summed E-state index contributed by atoms with van der Waals surface area (Å²) in [5.41, 5.74) is 0.636. The molecule has 0 aromatic heterocycles. The van der Waals surface area contributed by atoms with E-state index in [1.807, 2.05) is 0 Å². The van der Waals surface area contributed by atoms with Gasteiger partial charge in [-0.3, -0.25) is 4.79 Å². The van der Waals surface area contributed by atoms with Gasteiger partial charge in [0, 0.05) is 23.1 Å². The fraction of sp³-hybridized carbons (Fsp3) is 0.278. The monoisotopic (exact) mass is 448 g/mol. The Hall–Kier alpha value is -1.87. The van der Waals surface area contributed by atoms with E-state index in [-0.39, 0.29) is 23.7 Å². The van der Waals surface area contributed by atoms with Crippen molar-refractivity contribution in [3.05, 3.63) is 57.8 Å². The zero-order valence-corrected chi connectivity index (χ0v) is 17.5. The number of nitrogens with one attached hydrogen (secondary N) is 1. The van der Waals surface area contributed by atoms with Crippen molar-refractivity contribution < 1.29 is 22.3 Å². The Morgan fingerprint density at radius 3 is 2.54 bits per heavy atom. The molecule has 1 amide bonds. The molecule has 0 aliphatic carbocycles. The molecule has 0 atom stereocenters. The Morgan fingerprint density at radius 2 is 1.93 bits per heavy atom. The Balaban J connectivity index is 2.14. The summed E-state index contributed by atoms with van der Waals surface area (Å²) >= 11 is 11.9. The van der Waals surface area contributed by atoms with Crippen LogP contribution in [0.15, 0.2) is 41.3 Å². The minimum Gasteiger partial charge on any atom is -0.495 e. The highest BCUT2D eigenvalue weighted by Gasteiger charge is 2.28. The summed E-state index contributed by atoms with van der Waals surface area (Å²) in [6.45, 7) is 1.25. The number of amides is 1. The first kappa shape index (κ1) is 22.4. The van der Waals surface area contributed by atoms with Gasteiger partial charge < -0.3 is 10.1 Å². The van der Waals surface area contributed by atoms with Gasteiger partial charge in [0.15, 0.2) is 0 Å². The molecule has 0 fully saturated rings. The summed E-state index contributed by atoms with van der Waals surface area (Å²) in [6, 6.07) is 8.02. The maximum absolute atomic E-state index is 13.6. The molecule has 0 spiro atoms. The van der Waals surface area contributed by atoms with Gasteiger partial charge in [-0.25, -0.2) is 12.8 Å². The average molecular weight is 449 g/mol. The lowest BCUT2D eigenvalue weighted by Gasteiger charge is -2.21. The quantitative estimate of drug-likeness (QED) is 0.670. The van der Waals surface area contributed by atoms with Gasteiger partial charge in [0.25, 0.3) is 0 Å². The Labute approximate surface area is 173 Å². The average Bonchev–Trinajstić information content (AvgIpc) is 2.65. The second kappa shape index (κ2) is 9.56. The SMILES string of the molecule is CCN(CC(=O)NCc1ccc(Cl)cc1Cl)S(=O)(=O)c1cc(F)ccc1OC.